The standard InChI is InChI=1S/C14H27N3O3/c1-3-9-17(10-12-7-5-6-8-15-12)11-13(18)16-14(19)20-4-2/h12,15H,3-11H2,1-2H3,(H,16,18,19). The number of carbonyl (C=O) groups is 2. The van der Waals surface area contributed by atoms with Gasteiger partial charge in [-0.1, -0.05) is 13.3 Å². The van der Waals surface area contributed by atoms with Crippen LogP contribution in [0.5, 0.6) is 0 Å². The van der Waals surface area contributed by atoms with Gasteiger partial charge in [0, 0.05) is 12.6 Å². The first-order chi connectivity index (χ1) is 9.65. The number of rotatable bonds is 7. The van der Waals surface area contributed by atoms with Gasteiger partial charge >= 0.3 is 6.09 Å². The van der Waals surface area contributed by atoms with Crippen molar-refractivity contribution in [1.82, 2.24) is 15.5 Å². The first-order valence-corrected chi connectivity index (χ1v) is 7.58. The van der Waals surface area contributed by atoms with E-state index in [0.717, 1.165) is 32.5 Å². The summed E-state index contributed by atoms with van der Waals surface area (Å²) in [6, 6.07) is 0.450. The topological polar surface area (TPSA) is 70.7 Å². The zero-order valence-corrected chi connectivity index (χ0v) is 12.6. The minimum atomic E-state index is -0.662. The number of ether oxygens (including phenoxy) is 1. The summed E-state index contributed by atoms with van der Waals surface area (Å²) < 4.78 is 4.70. The number of imide groups is 1. The van der Waals surface area contributed by atoms with Crippen molar-refractivity contribution in [1.29, 1.82) is 0 Å². The summed E-state index contributed by atoms with van der Waals surface area (Å²) in [6.07, 6.45) is 3.95. The number of carbonyl (C=O) groups excluding carboxylic acids is 2. The van der Waals surface area contributed by atoms with E-state index in [4.69, 9.17) is 4.74 Å². The molecule has 0 aromatic rings. The molecular weight excluding hydrogens is 258 g/mol. The van der Waals surface area contributed by atoms with Crippen LogP contribution < -0.4 is 10.6 Å². The van der Waals surface area contributed by atoms with Crippen LogP contribution in [0, 0.1) is 0 Å². The van der Waals surface area contributed by atoms with E-state index in [0.29, 0.717) is 6.04 Å². The maximum absolute atomic E-state index is 11.8. The van der Waals surface area contributed by atoms with Gasteiger partial charge in [-0.15, -0.1) is 0 Å². The molecule has 0 spiro atoms. The number of alkyl carbamates (subject to hydrolysis) is 1. The molecule has 0 saturated carbocycles. The highest BCUT2D eigenvalue weighted by molar-refractivity contribution is 5.92. The molecule has 1 rings (SSSR count). The second-order valence-corrected chi connectivity index (χ2v) is 5.15. The largest absolute Gasteiger partial charge is 0.450 e. The van der Waals surface area contributed by atoms with Crippen LogP contribution in [0.15, 0.2) is 0 Å². The summed E-state index contributed by atoms with van der Waals surface area (Å²) in [6.45, 7) is 7.07. The van der Waals surface area contributed by atoms with E-state index in [1.165, 1.54) is 12.8 Å². The van der Waals surface area contributed by atoms with Gasteiger partial charge in [0.25, 0.3) is 0 Å². The molecule has 1 atom stereocenters. The van der Waals surface area contributed by atoms with Crippen LogP contribution >= 0.6 is 0 Å². The molecule has 0 aromatic heterocycles. The average Bonchev–Trinajstić information content (AvgIpc) is 2.40. The Bertz CT molecular complexity index is 304. The Morgan fingerprint density at radius 1 is 1.35 bits per heavy atom. The third kappa shape index (κ3) is 6.86. The van der Waals surface area contributed by atoms with E-state index >= 15 is 0 Å². The Labute approximate surface area is 121 Å². The molecule has 20 heavy (non-hydrogen) atoms. The molecule has 0 radical (unpaired) electrons. The highest BCUT2D eigenvalue weighted by atomic mass is 16.5. The van der Waals surface area contributed by atoms with Gasteiger partial charge in [-0.3, -0.25) is 15.0 Å². The van der Waals surface area contributed by atoms with E-state index in [9.17, 15) is 9.59 Å². The predicted octanol–water partition coefficient (Wildman–Crippen LogP) is 1.11. The van der Waals surface area contributed by atoms with Crippen LogP contribution in [-0.4, -0.2) is 55.7 Å². The van der Waals surface area contributed by atoms with Crippen LogP contribution in [0.2, 0.25) is 0 Å². The molecule has 0 aliphatic carbocycles. The van der Waals surface area contributed by atoms with E-state index in [1.807, 2.05) is 0 Å². The first kappa shape index (κ1) is 16.9. The molecule has 1 heterocycles. The second-order valence-electron chi connectivity index (χ2n) is 5.15. The Balaban J connectivity index is 2.36. The van der Waals surface area contributed by atoms with E-state index in [1.54, 1.807) is 6.92 Å². The first-order valence-electron chi connectivity index (χ1n) is 7.58. The fraction of sp³-hybridized carbons (Fsp3) is 0.857. The third-order valence-electron chi connectivity index (χ3n) is 3.31. The quantitative estimate of drug-likeness (QED) is 0.733. The molecule has 1 aliphatic heterocycles. The zero-order chi connectivity index (χ0) is 14.8. The molecule has 1 saturated heterocycles. The van der Waals surface area contributed by atoms with Gasteiger partial charge in [0.05, 0.1) is 13.2 Å². The van der Waals surface area contributed by atoms with Crippen LogP contribution in [0.25, 0.3) is 0 Å². The lowest BCUT2D eigenvalue weighted by Gasteiger charge is -2.29. The number of amides is 2. The SMILES string of the molecule is CCCN(CC(=O)NC(=O)OCC)CC1CCCCN1. The van der Waals surface area contributed by atoms with Gasteiger partial charge in [0.1, 0.15) is 0 Å². The summed E-state index contributed by atoms with van der Waals surface area (Å²) in [7, 11) is 0. The van der Waals surface area contributed by atoms with E-state index < -0.39 is 6.09 Å². The lowest BCUT2D eigenvalue weighted by Crippen LogP contribution is -2.47. The Hall–Kier alpha value is -1.14. The minimum Gasteiger partial charge on any atom is -0.450 e. The fourth-order valence-corrected chi connectivity index (χ4v) is 2.47. The molecule has 2 N–H and O–H groups in total. The molecule has 0 bridgehead atoms. The van der Waals surface area contributed by atoms with Crippen molar-refractivity contribution in [2.24, 2.45) is 0 Å². The average molecular weight is 285 g/mol. The molecular formula is C14H27N3O3. The number of nitrogens with zero attached hydrogens (tertiary/aromatic N) is 1. The smallest absolute Gasteiger partial charge is 0.413 e. The summed E-state index contributed by atoms with van der Waals surface area (Å²) in [5.74, 6) is -0.298. The normalized spacial score (nSPS) is 18.9. The fourth-order valence-electron chi connectivity index (χ4n) is 2.47. The molecule has 1 unspecified atom stereocenters. The van der Waals surface area contributed by atoms with Crippen LogP contribution in [-0.2, 0) is 9.53 Å². The van der Waals surface area contributed by atoms with Crippen LogP contribution in [0.1, 0.15) is 39.5 Å². The Kier molecular flexibility index (Phi) is 8.22. The summed E-state index contributed by atoms with van der Waals surface area (Å²) >= 11 is 0. The number of hydrogen-bond donors (Lipinski definition) is 2. The molecule has 1 fully saturated rings. The van der Waals surface area contributed by atoms with Crippen molar-refractivity contribution in [3.8, 4) is 0 Å². The molecule has 116 valence electrons. The van der Waals surface area contributed by atoms with Crippen molar-refractivity contribution >= 4 is 12.0 Å². The lowest BCUT2D eigenvalue weighted by atomic mass is 10.0. The van der Waals surface area contributed by atoms with Gasteiger partial charge in [-0.05, 0) is 39.3 Å². The van der Waals surface area contributed by atoms with Crippen molar-refractivity contribution in [3.63, 3.8) is 0 Å². The summed E-state index contributed by atoms with van der Waals surface area (Å²) in [5.41, 5.74) is 0. The van der Waals surface area contributed by atoms with Crippen molar-refractivity contribution in [2.75, 3.05) is 32.8 Å². The Morgan fingerprint density at radius 2 is 2.15 bits per heavy atom. The second kappa shape index (κ2) is 9.72. The Morgan fingerprint density at radius 3 is 2.75 bits per heavy atom. The number of hydrogen-bond acceptors (Lipinski definition) is 5. The van der Waals surface area contributed by atoms with Gasteiger partial charge in [-0.25, -0.2) is 4.79 Å². The highest BCUT2D eigenvalue weighted by Crippen LogP contribution is 2.08. The highest BCUT2D eigenvalue weighted by Gasteiger charge is 2.19. The van der Waals surface area contributed by atoms with Crippen LogP contribution in [0.3, 0.4) is 0 Å². The molecule has 1 aliphatic rings. The van der Waals surface area contributed by atoms with Crippen molar-refractivity contribution in [2.45, 2.75) is 45.6 Å². The van der Waals surface area contributed by atoms with Crippen molar-refractivity contribution in [3.05, 3.63) is 0 Å². The lowest BCUT2D eigenvalue weighted by molar-refractivity contribution is -0.121. The summed E-state index contributed by atoms with van der Waals surface area (Å²) in [5, 5.41) is 5.72. The molecule has 6 nitrogen and oxygen atoms in total. The monoisotopic (exact) mass is 285 g/mol. The number of piperidine rings is 1. The van der Waals surface area contributed by atoms with Crippen molar-refractivity contribution < 1.29 is 14.3 Å². The third-order valence-corrected chi connectivity index (χ3v) is 3.31. The maximum Gasteiger partial charge on any atom is 0.413 e. The maximum atomic E-state index is 11.8. The van der Waals surface area contributed by atoms with E-state index in [-0.39, 0.29) is 19.1 Å². The molecule has 2 amide bonds. The predicted molar refractivity (Wildman–Crippen MR) is 77.5 cm³/mol. The van der Waals surface area contributed by atoms with Gasteiger partial charge in [0.2, 0.25) is 5.91 Å². The zero-order valence-electron chi connectivity index (χ0n) is 12.6. The van der Waals surface area contributed by atoms with Gasteiger partial charge in [0.15, 0.2) is 0 Å². The number of nitrogens with one attached hydrogen (secondary N) is 2. The molecule has 0 aromatic carbocycles. The van der Waals surface area contributed by atoms with Gasteiger partial charge in [-0.2, -0.15) is 0 Å². The molecule has 6 heteroatoms. The summed E-state index contributed by atoms with van der Waals surface area (Å²) in [4.78, 5) is 25.1. The van der Waals surface area contributed by atoms with E-state index in [2.05, 4.69) is 22.5 Å². The van der Waals surface area contributed by atoms with Gasteiger partial charge < -0.3 is 10.1 Å². The minimum absolute atomic E-state index is 0.241. The van der Waals surface area contributed by atoms with Crippen LogP contribution in [0.4, 0.5) is 4.79 Å².